The smallest absolute Gasteiger partial charge is 0.0587 e. The second-order valence-electron chi connectivity index (χ2n) is 5.35. The monoisotopic (exact) mass is 241 g/mol. The Morgan fingerprint density at radius 1 is 1.24 bits per heavy atom. The van der Waals surface area contributed by atoms with Crippen LogP contribution in [0.25, 0.3) is 0 Å². The highest BCUT2D eigenvalue weighted by atomic mass is 16.5. The maximum Gasteiger partial charge on any atom is 0.0587 e. The number of rotatable bonds is 7. The molecule has 0 aromatic rings. The van der Waals surface area contributed by atoms with Gasteiger partial charge in [0.05, 0.1) is 6.61 Å². The Labute approximate surface area is 105 Å². The molecule has 0 aromatic heterocycles. The molecule has 2 rings (SSSR count). The lowest BCUT2D eigenvalue weighted by Gasteiger charge is -2.38. The van der Waals surface area contributed by atoms with Crippen LogP contribution in [0.4, 0.5) is 0 Å². The SMILES string of the molecule is COCCNCC(C)N1CCN(C2CC2)CC1. The Bertz CT molecular complexity index is 213. The fraction of sp³-hybridized carbons (Fsp3) is 1.00. The highest BCUT2D eigenvalue weighted by molar-refractivity contribution is 4.88. The van der Waals surface area contributed by atoms with Crippen LogP contribution in [0.1, 0.15) is 19.8 Å². The normalized spacial score (nSPS) is 25.1. The average Bonchev–Trinajstić information content (AvgIpc) is 3.19. The lowest BCUT2D eigenvalue weighted by atomic mass is 10.2. The second-order valence-corrected chi connectivity index (χ2v) is 5.35. The van der Waals surface area contributed by atoms with Crippen LogP contribution < -0.4 is 5.32 Å². The van der Waals surface area contributed by atoms with Crippen molar-refractivity contribution in [2.24, 2.45) is 0 Å². The largest absolute Gasteiger partial charge is 0.383 e. The maximum absolute atomic E-state index is 5.03. The standard InChI is InChI=1S/C13H27N3O/c1-12(11-14-5-10-17-2)15-6-8-16(9-7-15)13-3-4-13/h12-14H,3-11H2,1-2H3. The van der Waals surface area contributed by atoms with E-state index in [0.717, 1.165) is 25.7 Å². The van der Waals surface area contributed by atoms with Gasteiger partial charge in [-0.25, -0.2) is 0 Å². The summed E-state index contributed by atoms with van der Waals surface area (Å²) in [7, 11) is 1.75. The van der Waals surface area contributed by atoms with Crippen molar-refractivity contribution in [3.63, 3.8) is 0 Å². The summed E-state index contributed by atoms with van der Waals surface area (Å²) in [6.45, 7) is 10.2. The van der Waals surface area contributed by atoms with E-state index in [9.17, 15) is 0 Å². The summed E-state index contributed by atoms with van der Waals surface area (Å²) in [5.41, 5.74) is 0. The predicted molar refractivity (Wildman–Crippen MR) is 70.4 cm³/mol. The third kappa shape index (κ3) is 4.21. The van der Waals surface area contributed by atoms with Crippen molar-refractivity contribution in [2.75, 3.05) is 53.0 Å². The van der Waals surface area contributed by atoms with Crippen molar-refractivity contribution in [1.82, 2.24) is 15.1 Å². The molecule has 1 aliphatic heterocycles. The van der Waals surface area contributed by atoms with Crippen molar-refractivity contribution in [2.45, 2.75) is 31.8 Å². The van der Waals surface area contributed by atoms with Crippen LogP contribution in [0, 0.1) is 0 Å². The molecule has 0 bridgehead atoms. The molecule has 2 fully saturated rings. The molecule has 1 N–H and O–H groups in total. The van der Waals surface area contributed by atoms with Gasteiger partial charge in [-0.1, -0.05) is 0 Å². The van der Waals surface area contributed by atoms with Gasteiger partial charge in [-0.05, 0) is 19.8 Å². The summed E-state index contributed by atoms with van der Waals surface area (Å²) in [6, 6.07) is 1.58. The summed E-state index contributed by atoms with van der Waals surface area (Å²) in [6.07, 6.45) is 2.88. The summed E-state index contributed by atoms with van der Waals surface area (Å²) in [4.78, 5) is 5.28. The number of piperazine rings is 1. The molecule has 0 aromatic carbocycles. The van der Waals surface area contributed by atoms with Crippen LogP contribution in [0.3, 0.4) is 0 Å². The Kier molecular flexibility index (Phi) is 5.22. The lowest BCUT2D eigenvalue weighted by Crippen LogP contribution is -2.52. The molecule has 0 amide bonds. The third-order valence-corrected chi connectivity index (χ3v) is 3.96. The Morgan fingerprint density at radius 3 is 2.53 bits per heavy atom. The molecule has 1 atom stereocenters. The molecule has 4 heteroatoms. The number of hydrogen-bond donors (Lipinski definition) is 1. The fourth-order valence-corrected chi connectivity index (χ4v) is 2.60. The van der Waals surface area contributed by atoms with Gasteiger partial charge in [0.1, 0.15) is 0 Å². The maximum atomic E-state index is 5.03. The van der Waals surface area contributed by atoms with Gasteiger partial charge in [0.15, 0.2) is 0 Å². The zero-order valence-corrected chi connectivity index (χ0v) is 11.3. The summed E-state index contributed by atoms with van der Waals surface area (Å²) in [5.74, 6) is 0. The summed E-state index contributed by atoms with van der Waals surface area (Å²) < 4.78 is 5.03. The van der Waals surface area contributed by atoms with Gasteiger partial charge in [-0.3, -0.25) is 9.80 Å². The van der Waals surface area contributed by atoms with Gasteiger partial charge in [-0.2, -0.15) is 0 Å². The van der Waals surface area contributed by atoms with Crippen molar-refractivity contribution in [1.29, 1.82) is 0 Å². The molecule has 1 heterocycles. The van der Waals surface area contributed by atoms with E-state index < -0.39 is 0 Å². The molecule has 1 aliphatic carbocycles. The minimum atomic E-state index is 0.646. The first-order valence-corrected chi connectivity index (χ1v) is 6.99. The van der Waals surface area contributed by atoms with E-state index in [1.807, 2.05) is 0 Å². The molecule has 2 aliphatic rings. The van der Waals surface area contributed by atoms with Gasteiger partial charge in [0, 0.05) is 58.5 Å². The zero-order valence-electron chi connectivity index (χ0n) is 11.3. The summed E-state index contributed by atoms with van der Waals surface area (Å²) >= 11 is 0. The molecule has 17 heavy (non-hydrogen) atoms. The Balaban J connectivity index is 1.58. The number of ether oxygens (including phenoxy) is 1. The van der Waals surface area contributed by atoms with E-state index in [4.69, 9.17) is 4.74 Å². The van der Waals surface area contributed by atoms with Crippen molar-refractivity contribution < 1.29 is 4.74 Å². The minimum absolute atomic E-state index is 0.646. The third-order valence-electron chi connectivity index (χ3n) is 3.96. The van der Waals surface area contributed by atoms with Gasteiger partial charge in [-0.15, -0.1) is 0 Å². The quantitative estimate of drug-likeness (QED) is 0.653. The first-order valence-electron chi connectivity index (χ1n) is 6.99. The lowest BCUT2D eigenvalue weighted by molar-refractivity contribution is 0.0958. The molecular formula is C13H27N3O. The zero-order chi connectivity index (χ0) is 12.1. The van der Waals surface area contributed by atoms with Crippen LogP contribution in [0.5, 0.6) is 0 Å². The average molecular weight is 241 g/mol. The van der Waals surface area contributed by atoms with Crippen LogP contribution in [-0.2, 0) is 4.74 Å². The van der Waals surface area contributed by atoms with Crippen LogP contribution in [-0.4, -0.2) is 74.9 Å². The van der Waals surface area contributed by atoms with E-state index in [-0.39, 0.29) is 0 Å². The van der Waals surface area contributed by atoms with Crippen molar-refractivity contribution >= 4 is 0 Å². The van der Waals surface area contributed by atoms with E-state index >= 15 is 0 Å². The molecule has 1 saturated carbocycles. The number of methoxy groups -OCH3 is 1. The highest BCUT2D eigenvalue weighted by Gasteiger charge is 2.31. The first kappa shape index (κ1) is 13.3. The Morgan fingerprint density at radius 2 is 1.94 bits per heavy atom. The van der Waals surface area contributed by atoms with Gasteiger partial charge in [0.25, 0.3) is 0 Å². The highest BCUT2D eigenvalue weighted by Crippen LogP contribution is 2.27. The number of hydrogen-bond acceptors (Lipinski definition) is 4. The minimum Gasteiger partial charge on any atom is -0.383 e. The van der Waals surface area contributed by atoms with E-state index in [2.05, 4.69) is 22.0 Å². The van der Waals surface area contributed by atoms with Crippen molar-refractivity contribution in [3.05, 3.63) is 0 Å². The molecule has 1 unspecified atom stereocenters. The van der Waals surface area contributed by atoms with E-state index in [1.54, 1.807) is 7.11 Å². The topological polar surface area (TPSA) is 27.7 Å². The Hall–Kier alpha value is -0.160. The first-order chi connectivity index (χ1) is 8.31. The van der Waals surface area contributed by atoms with Crippen LogP contribution in [0.2, 0.25) is 0 Å². The number of nitrogens with zero attached hydrogens (tertiary/aromatic N) is 2. The molecule has 0 spiro atoms. The summed E-state index contributed by atoms with van der Waals surface area (Å²) in [5, 5.41) is 3.45. The van der Waals surface area contributed by atoms with E-state index in [0.29, 0.717) is 6.04 Å². The van der Waals surface area contributed by atoms with Gasteiger partial charge >= 0.3 is 0 Å². The predicted octanol–water partition coefficient (Wildman–Crippen LogP) is 0.391. The molecule has 0 radical (unpaired) electrons. The second kappa shape index (κ2) is 6.69. The van der Waals surface area contributed by atoms with Gasteiger partial charge < -0.3 is 10.1 Å². The molecule has 100 valence electrons. The van der Waals surface area contributed by atoms with Crippen LogP contribution >= 0.6 is 0 Å². The van der Waals surface area contributed by atoms with Gasteiger partial charge in [0.2, 0.25) is 0 Å². The fourth-order valence-electron chi connectivity index (χ4n) is 2.60. The van der Waals surface area contributed by atoms with Crippen LogP contribution in [0.15, 0.2) is 0 Å². The molecule has 1 saturated heterocycles. The molecule has 4 nitrogen and oxygen atoms in total. The number of nitrogens with one attached hydrogen (secondary N) is 1. The molecular weight excluding hydrogens is 214 g/mol. The van der Waals surface area contributed by atoms with Crippen molar-refractivity contribution in [3.8, 4) is 0 Å². The van der Waals surface area contributed by atoms with E-state index in [1.165, 1.54) is 39.0 Å².